The van der Waals surface area contributed by atoms with Crippen LogP contribution >= 0.6 is 12.4 Å². The number of carbonyl (C=O) groups excluding carboxylic acids is 1. The summed E-state index contributed by atoms with van der Waals surface area (Å²) in [5.74, 6) is 1.81. The third-order valence-corrected chi connectivity index (χ3v) is 4.79. The molecular formula is C18H29ClN2O2. The number of benzene rings is 1. The lowest BCUT2D eigenvalue weighted by Gasteiger charge is -2.34. The van der Waals surface area contributed by atoms with E-state index in [4.69, 9.17) is 10.5 Å². The normalized spacial score (nSPS) is 18.0. The second kappa shape index (κ2) is 9.14. The lowest BCUT2D eigenvalue weighted by atomic mass is 9.90. The van der Waals surface area contributed by atoms with Crippen molar-refractivity contribution in [2.75, 3.05) is 20.2 Å². The van der Waals surface area contributed by atoms with Gasteiger partial charge in [-0.3, -0.25) is 4.79 Å². The van der Waals surface area contributed by atoms with Crippen molar-refractivity contribution in [2.24, 2.45) is 11.7 Å². The first-order valence-electron chi connectivity index (χ1n) is 8.19. The smallest absolute Gasteiger partial charge is 0.223 e. The van der Waals surface area contributed by atoms with E-state index in [0.717, 1.165) is 37.2 Å². The van der Waals surface area contributed by atoms with Gasteiger partial charge >= 0.3 is 0 Å². The maximum absolute atomic E-state index is 12.5. The number of hydrogen-bond donors (Lipinski definition) is 1. The molecule has 1 aliphatic rings. The Labute approximate surface area is 145 Å². The summed E-state index contributed by atoms with van der Waals surface area (Å²) in [6, 6.07) is 8.16. The van der Waals surface area contributed by atoms with E-state index < -0.39 is 0 Å². The molecule has 2 atom stereocenters. The number of rotatable bonds is 5. The molecule has 0 aromatic heterocycles. The highest BCUT2D eigenvalue weighted by Crippen LogP contribution is 2.29. The highest BCUT2D eigenvalue weighted by Gasteiger charge is 2.26. The molecule has 5 heteroatoms. The minimum Gasteiger partial charge on any atom is -0.496 e. The predicted molar refractivity (Wildman–Crippen MR) is 96.2 cm³/mol. The van der Waals surface area contributed by atoms with Gasteiger partial charge in [0.2, 0.25) is 5.91 Å². The Balaban J connectivity index is 0.00000264. The number of ether oxygens (including phenoxy) is 1. The van der Waals surface area contributed by atoms with Crippen molar-refractivity contribution in [3.05, 3.63) is 29.8 Å². The van der Waals surface area contributed by atoms with Crippen LogP contribution < -0.4 is 10.5 Å². The van der Waals surface area contributed by atoms with Crippen molar-refractivity contribution in [2.45, 2.75) is 45.1 Å². The summed E-state index contributed by atoms with van der Waals surface area (Å²) in [6.07, 6.45) is 2.57. The van der Waals surface area contributed by atoms with E-state index in [0.29, 0.717) is 12.3 Å². The topological polar surface area (TPSA) is 55.6 Å². The maximum Gasteiger partial charge on any atom is 0.223 e. The molecule has 1 aromatic rings. The Hall–Kier alpha value is -1.26. The van der Waals surface area contributed by atoms with Crippen LogP contribution in [-0.2, 0) is 4.79 Å². The van der Waals surface area contributed by atoms with Crippen LogP contribution in [0, 0.1) is 5.92 Å². The summed E-state index contributed by atoms with van der Waals surface area (Å²) in [4.78, 5) is 14.5. The molecule has 0 radical (unpaired) electrons. The summed E-state index contributed by atoms with van der Waals surface area (Å²) < 4.78 is 5.40. The van der Waals surface area contributed by atoms with Gasteiger partial charge in [-0.25, -0.2) is 0 Å². The molecule has 1 heterocycles. The quantitative estimate of drug-likeness (QED) is 0.895. The first kappa shape index (κ1) is 19.8. The lowest BCUT2D eigenvalue weighted by Crippen LogP contribution is -2.42. The molecule has 0 saturated carbocycles. The van der Waals surface area contributed by atoms with E-state index in [9.17, 15) is 4.79 Å². The minimum absolute atomic E-state index is 0. The monoisotopic (exact) mass is 340 g/mol. The largest absolute Gasteiger partial charge is 0.496 e. The first-order valence-corrected chi connectivity index (χ1v) is 8.19. The van der Waals surface area contributed by atoms with Crippen LogP contribution in [0.3, 0.4) is 0 Å². The number of nitrogens with zero attached hydrogens (tertiary/aromatic N) is 1. The van der Waals surface area contributed by atoms with Crippen molar-refractivity contribution in [3.63, 3.8) is 0 Å². The molecule has 0 spiro atoms. The van der Waals surface area contributed by atoms with Crippen LogP contribution in [0.5, 0.6) is 5.75 Å². The third-order valence-electron chi connectivity index (χ3n) is 4.79. The molecule has 1 fully saturated rings. The van der Waals surface area contributed by atoms with Gasteiger partial charge in [0.05, 0.1) is 7.11 Å². The zero-order valence-corrected chi connectivity index (χ0v) is 15.1. The first-order chi connectivity index (χ1) is 10.5. The zero-order chi connectivity index (χ0) is 16.1. The Kier molecular flexibility index (Phi) is 7.86. The molecule has 1 aliphatic heterocycles. The molecule has 1 aromatic carbocycles. The molecule has 2 unspecified atom stereocenters. The molecule has 23 heavy (non-hydrogen) atoms. The molecule has 2 N–H and O–H groups in total. The Morgan fingerprint density at radius 2 is 1.91 bits per heavy atom. The molecule has 0 bridgehead atoms. The predicted octanol–water partition coefficient (Wildman–Crippen LogP) is 3.20. The molecule has 0 aliphatic carbocycles. The molecule has 1 saturated heterocycles. The number of methoxy groups -OCH3 is 1. The highest BCUT2D eigenvalue weighted by atomic mass is 35.5. The second-order valence-corrected chi connectivity index (χ2v) is 6.42. The van der Waals surface area contributed by atoms with Gasteiger partial charge in [0.1, 0.15) is 5.75 Å². The SMILES string of the molecule is COc1ccccc1C(C)CC(=O)N1CCC(C(C)N)CC1.Cl. The minimum atomic E-state index is 0. The average Bonchev–Trinajstić information content (AvgIpc) is 2.54. The summed E-state index contributed by atoms with van der Waals surface area (Å²) in [6.45, 7) is 5.82. The molecular weight excluding hydrogens is 312 g/mol. The van der Waals surface area contributed by atoms with Crippen LogP contribution in [0.1, 0.15) is 44.6 Å². The number of halogens is 1. The Bertz CT molecular complexity index is 500. The molecule has 4 nitrogen and oxygen atoms in total. The van der Waals surface area contributed by atoms with Gasteiger partial charge in [0.15, 0.2) is 0 Å². The van der Waals surface area contributed by atoms with Crippen LogP contribution in [0.25, 0.3) is 0 Å². The fourth-order valence-corrected chi connectivity index (χ4v) is 3.25. The fraction of sp³-hybridized carbons (Fsp3) is 0.611. The lowest BCUT2D eigenvalue weighted by molar-refractivity contribution is -0.133. The number of hydrogen-bond acceptors (Lipinski definition) is 3. The number of carbonyl (C=O) groups is 1. The van der Waals surface area contributed by atoms with E-state index >= 15 is 0 Å². The number of amides is 1. The van der Waals surface area contributed by atoms with Crippen LogP contribution in [-0.4, -0.2) is 37.0 Å². The van der Waals surface area contributed by atoms with Crippen LogP contribution in [0.15, 0.2) is 24.3 Å². The second-order valence-electron chi connectivity index (χ2n) is 6.42. The number of para-hydroxylation sites is 1. The number of likely N-dealkylation sites (tertiary alicyclic amines) is 1. The van der Waals surface area contributed by atoms with E-state index in [1.165, 1.54) is 0 Å². The van der Waals surface area contributed by atoms with E-state index in [2.05, 4.69) is 13.8 Å². The number of nitrogens with two attached hydrogens (primary N) is 1. The Morgan fingerprint density at radius 1 is 1.30 bits per heavy atom. The van der Waals surface area contributed by atoms with Crippen molar-refractivity contribution >= 4 is 18.3 Å². The van der Waals surface area contributed by atoms with Gasteiger partial charge < -0.3 is 15.4 Å². The third kappa shape index (κ3) is 5.11. The molecule has 130 valence electrons. The van der Waals surface area contributed by atoms with Crippen molar-refractivity contribution < 1.29 is 9.53 Å². The van der Waals surface area contributed by atoms with E-state index in [1.807, 2.05) is 29.2 Å². The van der Waals surface area contributed by atoms with Crippen molar-refractivity contribution in [3.8, 4) is 5.75 Å². The van der Waals surface area contributed by atoms with Crippen LogP contribution in [0.4, 0.5) is 0 Å². The van der Waals surface area contributed by atoms with Gasteiger partial charge in [-0.05, 0) is 43.2 Å². The summed E-state index contributed by atoms with van der Waals surface area (Å²) in [5, 5.41) is 0. The summed E-state index contributed by atoms with van der Waals surface area (Å²) in [5.41, 5.74) is 7.06. The Morgan fingerprint density at radius 3 is 2.48 bits per heavy atom. The van der Waals surface area contributed by atoms with Crippen molar-refractivity contribution in [1.29, 1.82) is 0 Å². The fourth-order valence-electron chi connectivity index (χ4n) is 3.25. The zero-order valence-electron chi connectivity index (χ0n) is 14.3. The van der Waals surface area contributed by atoms with Crippen molar-refractivity contribution in [1.82, 2.24) is 4.90 Å². The molecule has 2 rings (SSSR count). The summed E-state index contributed by atoms with van der Waals surface area (Å²) in [7, 11) is 1.67. The van der Waals surface area contributed by atoms with E-state index in [-0.39, 0.29) is 30.3 Å². The molecule has 1 amide bonds. The number of piperidine rings is 1. The van der Waals surface area contributed by atoms with E-state index in [1.54, 1.807) is 7.11 Å². The van der Waals surface area contributed by atoms with Gasteiger partial charge in [-0.2, -0.15) is 0 Å². The van der Waals surface area contributed by atoms with Gasteiger partial charge in [-0.15, -0.1) is 12.4 Å². The maximum atomic E-state index is 12.5. The van der Waals surface area contributed by atoms with Gasteiger partial charge in [0, 0.05) is 25.6 Å². The van der Waals surface area contributed by atoms with Crippen LogP contribution in [0.2, 0.25) is 0 Å². The van der Waals surface area contributed by atoms with Gasteiger partial charge in [0.25, 0.3) is 0 Å². The average molecular weight is 341 g/mol. The standard InChI is InChI=1S/C18H28N2O2.ClH/c1-13(16-6-4-5-7-17(16)22-3)12-18(21)20-10-8-15(9-11-20)14(2)19;/h4-7,13-15H,8-12,19H2,1-3H3;1H. The van der Waals surface area contributed by atoms with Gasteiger partial charge in [-0.1, -0.05) is 25.1 Å². The highest BCUT2D eigenvalue weighted by molar-refractivity contribution is 5.85. The summed E-state index contributed by atoms with van der Waals surface area (Å²) >= 11 is 0.